The van der Waals surface area contributed by atoms with Crippen LogP contribution in [0, 0.1) is 0 Å². The molecule has 2 N–H and O–H groups in total. The third-order valence-electron chi connectivity index (χ3n) is 5.68. The second-order valence-electron chi connectivity index (χ2n) is 8.33. The number of methoxy groups -OCH3 is 1. The van der Waals surface area contributed by atoms with Crippen LogP contribution in [0.1, 0.15) is 16.1 Å². The molecule has 0 spiro atoms. The van der Waals surface area contributed by atoms with Gasteiger partial charge in [0.1, 0.15) is 17.3 Å². The second-order valence-corrected chi connectivity index (χ2v) is 8.76. The summed E-state index contributed by atoms with van der Waals surface area (Å²) in [5.41, 5.74) is 1.03. The Bertz CT molecular complexity index is 1650. The lowest BCUT2D eigenvalue weighted by Gasteiger charge is -2.15. The van der Waals surface area contributed by atoms with Crippen LogP contribution in [0.5, 0.6) is 17.2 Å². The van der Waals surface area contributed by atoms with Crippen molar-refractivity contribution < 1.29 is 18.7 Å². The van der Waals surface area contributed by atoms with Crippen LogP contribution in [-0.2, 0) is 6.54 Å². The minimum absolute atomic E-state index is 0.119. The number of benzene rings is 3. The van der Waals surface area contributed by atoms with Crippen molar-refractivity contribution in [1.82, 2.24) is 15.1 Å². The summed E-state index contributed by atoms with van der Waals surface area (Å²) >= 11 is 6.15. The third kappa shape index (κ3) is 6.11. The molecule has 3 aromatic carbocycles. The second kappa shape index (κ2) is 11.6. The first-order valence-electron chi connectivity index (χ1n) is 11.9. The molecule has 196 valence electrons. The zero-order valence-electron chi connectivity index (χ0n) is 20.8. The molecule has 0 radical (unpaired) electrons. The maximum absolute atomic E-state index is 13.7. The molecule has 9 nitrogen and oxygen atoms in total. The van der Waals surface area contributed by atoms with Crippen molar-refractivity contribution in [1.29, 1.82) is 0 Å². The molecule has 0 bridgehead atoms. The number of nitrogens with zero attached hydrogens (tertiary/aromatic N) is 2. The topological polar surface area (TPSA) is 108 Å². The van der Waals surface area contributed by atoms with Crippen LogP contribution in [-0.4, -0.2) is 22.8 Å². The van der Waals surface area contributed by atoms with Crippen molar-refractivity contribution >= 4 is 28.9 Å². The normalized spacial score (nSPS) is 10.6. The van der Waals surface area contributed by atoms with Gasteiger partial charge in [-0.3, -0.25) is 9.59 Å². The van der Waals surface area contributed by atoms with E-state index in [1.807, 2.05) is 0 Å². The number of furan rings is 1. The van der Waals surface area contributed by atoms with Gasteiger partial charge in [0, 0.05) is 16.3 Å². The summed E-state index contributed by atoms with van der Waals surface area (Å²) in [4.78, 5) is 26.4. The third-order valence-corrected chi connectivity index (χ3v) is 5.92. The smallest absolute Gasteiger partial charge is 0.299 e. The van der Waals surface area contributed by atoms with E-state index >= 15 is 0 Å². The number of nitrogens with one attached hydrogen (secondary N) is 2. The number of anilines is 2. The lowest BCUT2D eigenvalue weighted by Crippen LogP contribution is -2.24. The summed E-state index contributed by atoms with van der Waals surface area (Å²) in [6, 6.07) is 24.0. The summed E-state index contributed by atoms with van der Waals surface area (Å²) in [6.45, 7) is 0.248. The van der Waals surface area contributed by atoms with E-state index in [9.17, 15) is 9.59 Å². The van der Waals surface area contributed by atoms with E-state index in [1.54, 1.807) is 98.3 Å². The largest absolute Gasteiger partial charge is 0.497 e. The highest BCUT2D eigenvalue weighted by Crippen LogP contribution is 2.30. The van der Waals surface area contributed by atoms with Crippen LogP contribution < -0.4 is 25.7 Å². The lowest BCUT2D eigenvalue weighted by molar-refractivity contribution is 0.0948. The van der Waals surface area contributed by atoms with Gasteiger partial charge in [-0.15, -0.1) is 0 Å². The molecule has 0 atom stereocenters. The van der Waals surface area contributed by atoms with Gasteiger partial charge >= 0.3 is 0 Å². The number of rotatable bonds is 9. The first-order valence-corrected chi connectivity index (χ1v) is 12.3. The van der Waals surface area contributed by atoms with Crippen molar-refractivity contribution in [3.05, 3.63) is 124 Å². The van der Waals surface area contributed by atoms with E-state index in [-0.39, 0.29) is 23.9 Å². The average Bonchev–Trinajstić information content (AvgIpc) is 3.48. The molecule has 0 aliphatic rings. The standard InChI is InChI=1S/C29H23ClN4O5/c1-37-23-10-12-24(13-11-23)39-26-18-32-34(22-8-3-6-20(30)16-22)29(36)27(26)33-21-7-2-5-19(15-21)28(35)31-17-25-9-4-14-38-25/h2-16,18,33H,17H2,1H3,(H,31,35). The Balaban J connectivity index is 1.47. The summed E-state index contributed by atoms with van der Waals surface area (Å²) in [7, 11) is 1.57. The number of hydrogen-bond donors (Lipinski definition) is 2. The van der Waals surface area contributed by atoms with E-state index in [0.29, 0.717) is 39.2 Å². The number of ether oxygens (including phenoxy) is 2. The first-order chi connectivity index (χ1) is 19.0. The molecular formula is C29H23ClN4O5. The number of amides is 1. The molecule has 0 unspecified atom stereocenters. The van der Waals surface area contributed by atoms with E-state index in [4.69, 9.17) is 25.5 Å². The van der Waals surface area contributed by atoms with E-state index in [2.05, 4.69) is 15.7 Å². The number of carbonyl (C=O) groups is 1. The zero-order chi connectivity index (χ0) is 27.2. The van der Waals surface area contributed by atoms with E-state index in [0.717, 1.165) is 0 Å². The number of hydrogen-bond acceptors (Lipinski definition) is 7. The van der Waals surface area contributed by atoms with Crippen LogP contribution in [0.15, 0.2) is 107 Å². The van der Waals surface area contributed by atoms with Crippen molar-refractivity contribution in [2.75, 3.05) is 12.4 Å². The summed E-state index contributed by atoms with van der Waals surface area (Å²) in [5, 5.41) is 10.7. The van der Waals surface area contributed by atoms with Gasteiger partial charge < -0.3 is 24.5 Å². The zero-order valence-corrected chi connectivity index (χ0v) is 21.5. The first kappa shape index (κ1) is 25.6. The highest BCUT2D eigenvalue weighted by atomic mass is 35.5. The molecule has 5 rings (SSSR count). The molecule has 1 amide bonds. The maximum atomic E-state index is 13.7. The van der Waals surface area contributed by atoms with Crippen molar-refractivity contribution in [3.63, 3.8) is 0 Å². The summed E-state index contributed by atoms with van der Waals surface area (Å²) in [6.07, 6.45) is 2.98. The fourth-order valence-corrected chi connectivity index (χ4v) is 3.94. The van der Waals surface area contributed by atoms with Crippen LogP contribution in [0.4, 0.5) is 11.4 Å². The van der Waals surface area contributed by atoms with E-state index in [1.165, 1.54) is 10.9 Å². The van der Waals surface area contributed by atoms with Gasteiger partial charge in [0.05, 0.1) is 31.8 Å². The molecule has 0 aliphatic heterocycles. The number of carbonyl (C=O) groups excluding carboxylic acids is 1. The van der Waals surface area contributed by atoms with Gasteiger partial charge in [-0.25, -0.2) is 0 Å². The fourth-order valence-electron chi connectivity index (χ4n) is 3.76. The van der Waals surface area contributed by atoms with Crippen LogP contribution in [0.3, 0.4) is 0 Å². The van der Waals surface area contributed by atoms with Gasteiger partial charge in [-0.1, -0.05) is 23.7 Å². The number of halogens is 1. The van der Waals surface area contributed by atoms with Gasteiger partial charge in [0.15, 0.2) is 11.4 Å². The molecule has 2 aromatic heterocycles. The quantitative estimate of drug-likeness (QED) is 0.237. The Morgan fingerprint density at radius 3 is 2.54 bits per heavy atom. The Labute approximate surface area is 228 Å². The molecule has 0 saturated heterocycles. The SMILES string of the molecule is COc1ccc(Oc2cnn(-c3cccc(Cl)c3)c(=O)c2Nc2cccc(C(=O)NCc3ccco3)c2)cc1. The van der Waals surface area contributed by atoms with Gasteiger partial charge in [-0.05, 0) is 72.8 Å². The lowest BCUT2D eigenvalue weighted by atomic mass is 10.2. The molecule has 0 fully saturated rings. The molecule has 5 aromatic rings. The molecule has 0 saturated carbocycles. The minimum atomic E-state index is -0.476. The summed E-state index contributed by atoms with van der Waals surface area (Å²) in [5.74, 6) is 1.67. The Hall–Kier alpha value is -5.02. The van der Waals surface area contributed by atoms with Gasteiger partial charge in [0.25, 0.3) is 11.5 Å². The fraction of sp³-hybridized carbons (Fsp3) is 0.0690. The van der Waals surface area contributed by atoms with Gasteiger partial charge in [-0.2, -0.15) is 9.78 Å². The predicted molar refractivity (Wildman–Crippen MR) is 148 cm³/mol. The highest BCUT2D eigenvalue weighted by Gasteiger charge is 2.17. The molecule has 2 heterocycles. The monoisotopic (exact) mass is 542 g/mol. The van der Waals surface area contributed by atoms with Crippen molar-refractivity contribution in [2.24, 2.45) is 0 Å². The minimum Gasteiger partial charge on any atom is -0.497 e. The molecule has 0 aliphatic carbocycles. The predicted octanol–water partition coefficient (Wildman–Crippen LogP) is 5.95. The van der Waals surface area contributed by atoms with Crippen LogP contribution in [0.2, 0.25) is 5.02 Å². The average molecular weight is 543 g/mol. The van der Waals surface area contributed by atoms with Crippen molar-refractivity contribution in [2.45, 2.75) is 6.54 Å². The maximum Gasteiger partial charge on any atom is 0.299 e. The molecular weight excluding hydrogens is 520 g/mol. The Kier molecular flexibility index (Phi) is 7.60. The highest BCUT2D eigenvalue weighted by molar-refractivity contribution is 6.30. The summed E-state index contributed by atoms with van der Waals surface area (Å²) < 4.78 is 17.7. The Morgan fingerprint density at radius 2 is 1.79 bits per heavy atom. The van der Waals surface area contributed by atoms with Crippen LogP contribution >= 0.6 is 11.6 Å². The molecule has 39 heavy (non-hydrogen) atoms. The Morgan fingerprint density at radius 1 is 1.00 bits per heavy atom. The number of aromatic nitrogens is 2. The van der Waals surface area contributed by atoms with E-state index < -0.39 is 5.56 Å². The van der Waals surface area contributed by atoms with Gasteiger partial charge in [0.2, 0.25) is 0 Å². The van der Waals surface area contributed by atoms with Crippen LogP contribution in [0.25, 0.3) is 5.69 Å². The molecule has 10 heteroatoms. The van der Waals surface area contributed by atoms with Crippen molar-refractivity contribution in [3.8, 4) is 22.9 Å².